The molecule has 1 aromatic heterocycles. The van der Waals surface area contributed by atoms with Crippen molar-refractivity contribution in [3.8, 4) is 0 Å². The maximum atomic E-state index is 12.9. The lowest BCUT2D eigenvalue weighted by molar-refractivity contribution is -0.188. The van der Waals surface area contributed by atoms with E-state index in [1.807, 2.05) is 17.5 Å². The molecule has 1 aromatic rings. The maximum absolute atomic E-state index is 12.9. The van der Waals surface area contributed by atoms with Gasteiger partial charge in [-0.1, -0.05) is 12.5 Å². The molecule has 8 heteroatoms. The molecule has 0 saturated carbocycles. The van der Waals surface area contributed by atoms with Crippen LogP contribution < -0.4 is 0 Å². The minimum Gasteiger partial charge on any atom is -0.481 e. The Morgan fingerprint density at radius 3 is 2.54 bits per heavy atom. The van der Waals surface area contributed by atoms with E-state index in [4.69, 9.17) is 5.11 Å². The van der Waals surface area contributed by atoms with Crippen molar-refractivity contribution in [2.75, 3.05) is 13.1 Å². The number of amides is 1. The highest BCUT2D eigenvalue weighted by atomic mass is 32.1. The van der Waals surface area contributed by atoms with E-state index in [0.717, 1.165) is 24.2 Å². The van der Waals surface area contributed by atoms with Crippen LogP contribution in [0.25, 0.3) is 0 Å². The van der Waals surface area contributed by atoms with Gasteiger partial charge in [-0.05, 0) is 30.7 Å². The van der Waals surface area contributed by atoms with E-state index in [-0.39, 0.29) is 18.9 Å². The van der Waals surface area contributed by atoms with Crippen molar-refractivity contribution in [3.05, 3.63) is 22.4 Å². The molecule has 2 atom stereocenters. The van der Waals surface area contributed by atoms with Gasteiger partial charge >= 0.3 is 12.1 Å². The number of carbonyl (C=O) groups excluding carboxylic acids is 1. The fourth-order valence-corrected chi connectivity index (χ4v) is 3.71. The number of aliphatic carboxylic acids is 1. The molecular formula is C16H20F3NO3S. The molecule has 1 aliphatic rings. The van der Waals surface area contributed by atoms with Gasteiger partial charge in [0.2, 0.25) is 5.91 Å². The van der Waals surface area contributed by atoms with Crippen LogP contribution >= 0.6 is 11.3 Å². The Kier molecular flexibility index (Phi) is 6.26. The number of likely N-dealkylation sites (tertiary alicyclic amines) is 1. The smallest absolute Gasteiger partial charge is 0.394 e. The highest BCUT2D eigenvalue weighted by Crippen LogP contribution is 2.38. The molecule has 0 radical (unpaired) electrons. The lowest BCUT2D eigenvalue weighted by atomic mass is 9.96. The summed E-state index contributed by atoms with van der Waals surface area (Å²) in [5.41, 5.74) is 0. The summed E-state index contributed by atoms with van der Waals surface area (Å²) >= 11 is 1.68. The summed E-state index contributed by atoms with van der Waals surface area (Å²) in [6, 6.07) is 4.02. The summed E-state index contributed by atoms with van der Waals surface area (Å²) in [5.74, 6) is -5.42. The number of nitrogens with zero attached hydrogens (tertiary/aromatic N) is 1. The second-order valence-corrected chi connectivity index (χ2v) is 7.06. The Morgan fingerprint density at radius 2 is 2.00 bits per heavy atom. The molecule has 0 spiro atoms. The van der Waals surface area contributed by atoms with Gasteiger partial charge in [-0.3, -0.25) is 9.59 Å². The van der Waals surface area contributed by atoms with E-state index in [1.54, 1.807) is 11.3 Å². The second kappa shape index (κ2) is 8.00. The topological polar surface area (TPSA) is 57.6 Å². The Hall–Kier alpha value is -1.57. The van der Waals surface area contributed by atoms with Crippen LogP contribution in [0.15, 0.2) is 17.5 Å². The third kappa shape index (κ3) is 4.96. The van der Waals surface area contributed by atoms with Crippen molar-refractivity contribution >= 4 is 23.2 Å². The SMILES string of the molecule is O=C(O)[C@@H]1CN(C(=O)CCCCCc2cccs2)C[C@H]1C(F)(F)F. The maximum Gasteiger partial charge on any atom is 0.394 e. The quantitative estimate of drug-likeness (QED) is 0.754. The van der Waals surface area contributed by atoms with Crippen LogP contribution in [0.3, 0.4) is 0 Å². The van der Waals surface area contributed by atoms with Crippen LogP contribution in [0.1, 0.15) is 30.6 Å². The number of unbranched alkanes of at least 4 members (excludes halogenated alkanes) is 2. The number of hydrogen-bond acceptors (Lipinski definition) is 3. The first-order valence-electron chi connectivity index (χ1n) is 7.88. The van der Waals surface area contributed by atoms with Gasteiger partial charge in [0, 0.05) is 24.4 Å². The molecule has 0 bridgehead atoms. The van der Waals surface area contributed by atoms with Gasteiger partial charge in [0.05, 0.1) is 11.8 Å². The normalized spacial score (nSPS) is 21.2. The summed E-state index contributed by atoms with van der Waals surface area (Å²) in [6.45, 7) is -0.901. The molecular weight excluding hydrogens is 343 g/mol. The molecule has 4 nitrogen and oxygen atoms in total. The number of carboxylic acid groups (broad SMARTS) is 1. The van der Waals surface area contributed by atoms with Crippen LogP contribution in [0.2, 0.25) is 0 Å². The van der Waals surface area contributed by atoms with Gasteiger partial charge in [-0.2, -0.15) is 13.2 Å². The first-order valence-corrected chi connectivity index (χ1v) is 8.76. The van der Waals surface area contributed by atoms with Crippen molar-refractivity contribution in [2.45, 2.75) is 38.3 Å². The Bertz CT molecular complexity index is 559. The molecule has 0 unspecified atom stereocenters. The fourth-order valence-electron chi connectivity index (χ4n) is 2.95. The number of carbonyl (C=O) groups is 2. The number of alkyl halides is 3. The Morgan fingerprint density at radius 1 is 1.25 bits per heavy atom. The molecule has 2 rings (SSSR count). The molecule has 2 heterocycles. The molecule has 24 heavy (non-hydrogen) atoms. The predicted octanol–water partition coefficient (Wildman–Crippen LogP) is 3.57. The van der Waals surface area contributed by atoms with Gasteiger partial charge in [0.1, 0.15) is 0 Å². The summed E-state index contributed by atoms with van der Waals surface area (Å²) < 4.78 is 38.7. The highest BCUT2D eigenvalue weighted by molar-refractivity contribution is 7.09. The van der Waals surface area contributed by atoms with Crippen molar-refractivity contribution in [1.82, 2.24) is 4.90 Å². The average Bonchev–Trinajstić information content (AvgIpc) is 3.15. The van der Waals surface area contributed by atoms with E-state index < -0.39 is 30.5 Å². The minimum absolute atomic E-state index is 0.168. The third-order valence-corrected chi connectivity index (χ3v) is 5.24. The monoisotopic (exact) mass is 363 g/mol. The zero-order valence-corrected chi connectivity index (χ0v) is 13.9. The molecule has 1 saturated heterocycles. The lowest BCUT2D eigenvalue weighted by Crippen LogP contribution is -2.34. The van der Waals surface area contributed by atoms with E-state index in [0.29, 0.717) is 6.42 Å². The van der Waals surface area contributed by atoms with Gasteiger partial charge in [-0.25, -0.2) is 0 Å². The lowest BCUT2D eigenvalue weighted by Gasteiger charge is -2.18. The van der Waals surface area contributed by atoms with Crippen LogP contribution in [0.5, 0.6) is 0 Å². The molecule has 1 aliphatic heterocycles. The van der Waals surface area contributed by atoms with E-state index in [2.05, 4.69) is 0 Å². The van der Waals surface area contributed by atoms with Gasteiger partial charge < -0.3 is 10.0 Å². The summed E-state index contributed by atoms with van der Waals surface area (Å²) in [4.78, 5) is 25.4. The number of thiophene rings is 1. The molecule has 134 valence electrons. The first-order chi connectivity index (χ1) is 11.3. The fraction of sp³-hybridized carbons (Fsp3) is 0.625. The van der Waals surface area contributed by atoms with Crippen LogP contribution in [0, 0.1) is 11.8 Å². The Labute approximate surface area is 142 Å². The zero-order valence-electron chi connectivity index (χ0n) is 13.1. The van der Waals surface area contributed by atoms with Crippen molar-refractivity contribution in [3.63, 3.8) is 0 Å². The number of aryl methyl sites for hydroxylation is 1. The molecule has 0 aliphatic carbocycles. The van der Waals surface area contributed by atoms with Gasteiger partial charge in [0.25, 0.3) is 0 Å². The van der Waals surface area contributed by atoms with Gasteiger partial charge in [0.15, 0.2) is 0 Å². The number of rotatable bonds is 7. The van der Waals surface area contributed by atoms with Crippen LogP contribution in [-0.2, 0) is 16.0 Å². The van der Waals surface area contributed by atoms with Gasteiger partial charge in [-0.15, -0.1) is 11.3 Å². The largest absolute Gasteiger partial charge is 0.481 e. The van der Waals surface area contributed by atoms with E-state index >= 15 is 0 Å². The zero-order chi connectivity index (χ0) is 17.7. The highest BCUT2D eigenvalue weighted by Gasteiger charge is 2.53. The number of halogens is 3. The second-order valence-electron chi connectivity index (χ2n) is 6.03. The summed E-state index contributed by atoms with van der Waals surface area (Å²) in [7, 11) is 0. The van der Waals surface area contributed by atoms with E-state index in [9.17, 15) is 22.8 Å². The Balaban J connectivity index is 1.75. The number of hydrogen-bond donors (Lipinski definition) is 1. The molecule has 0 aromatic carbocycles. The van der Waals surface area contributed by atoms with Crippen molar-refractivity contribution < 1.29 is 27.9 Å². The van der Waals surface area contributed by atoms with Crippen LogP contribution in [0.4, 0.5) is 13.2 Å². The number of carboxylic acids is 1. The van der Waals surface area contributed by atoms with Crippen molar-refractivity contribution in [1.29, 1.82) is 0 Å². The minimum atomic E-state index is -4.60. The van der Waals surface area contributed by atoms with E-state index in [1.165, 1.54) is 4.88 Å². The van der Waals surface area contributed by atoms with Crippen LogP contribution in [-0.4, -0.2) is 41.1 Å². The first kappa shape index (κ1) is 18.8. The average molecular weight is 363 g/mol. The summed E-state index contributed by atoms with van der Waals surface area (Å²) in [6.07, 6.45) is -1.14. The standard InChI is InChI=1S/C16H20F3NO3S/c17-16(18,19)13-10-20(9-12(13)15(22)23)14(21)7-3-1-2-5-11-6-4-8-24-11/h4,6,8,12-13H,1-3,5,7,9-10H2,(H,22,23)/t12-,13-/m1/s1. The predicted molar refractivity (Wildman–Crippen MR) is 83.7 cm³/mol. The third-order valence-electron chi connectivity index (χ3n) is 4.30. The molecule has 1 N–H and O–H groups in total. The molecule has 1 amide bonds. The molecule has 1 fully saturated rings. The summed E-state index contributed by atoms with van der Waals surface area (Å²) in [5, 5.41) is 10.9. The van der Waals surface area contributed by atoms with Crippen molar-refractivity contribution in [2.24, 2.45) is 11.8 Å².